The molecule has 0 spiro atoms. The van der Waals surface area contributed by atoms with Crippen LogP contribution in [0.2, 0.25) is 0 Å². The fraction of sp³-hybridized carbons (Fsp3) is 0.609. The van der Waals surface area contributed by atoms with Crippen molar-refractivity contribution in [3.8, 4) is 0 Å². The fourth-order valence-electron chi connectivity index (χ4n) is 2.64. The summed E-state index contributed by atoms with van der Waals surface area (Å²) < 4.78 is 8.98. The molecule has 4 radical (unpaired) electrons. The van der Waals surface area contributed by atoms with E-state index >= 15 is 0 Å². The number of hydrogen-bond acceptors (Lipinski definition) is 9. The first-order valence-electron chi connectivity index (χ1n) is 12.5. The van der Waals surface area contributed by atoms with Crippen LogP contribution in [0.15, 0.2) is 6.20 Å². The molecule has 5 fully saturated rings. The molecule has 0 saturated carbocycles. The number of likely N-dealkylation sites (N-methyl/N-ethyl adjacent to an activating group) is 5. The van der Waals surface area contributed by atoms with Crippen LogP contribution in [0, 0.1) is 19.3 Å². The maximum Gasteiger partial charge on any atom is 0.409 e. The monoisotopic (exact) mass is 937 g/mol. The fourth-order valence-corrected chi connectivity index (χ4v) is 2.64. The largest absolute Gasteiger partial charge is 0.619 e. The van der Waals surface area contributed by atoms with E-state index in [4.69, 9.17) is 0 Å². The molecule has 5 aliphatic heterocycles. The molecule has 5 aliphatic rings. The van der Waals surface area contributed by atoms with Crippen molar-refractivity contribution in [2.75, 3.05) is 87.7 Å². The molecule has 6 rings (SSSR count). The van der Waals surface area contributed by atoms with Crippen LogP contribution in [0.4, 0.5) is 24.0 Å². The summed E-state index contributed by atoms with van der Waals surface area (Å²) in [6.07, 6.45) is 3.57. The zero-order valence-electron chi connectivity index (χ0n) is 26.6. The summed E-state index contributed by atoms with van der Waals surface area (Å²) in [5.41, 5.74) is 0. The summed E-state index contributed by atoms with van der Waals surface area (Å²) in [4.78, 5) is 60.9. The molecule has 45 heavy (non-hydrogen) atoms. The minimum absolute atomic E-state index is 0. The zero-order chi connectivity index (χ0) is 30.8. The van der Waals surface area contributed by atoms with Crippen LogP contribution in [-0.4, -0.2) is 157 Å². The Hall–Kier alpha value is -0.0944. The number of ether oxygens (including phenoxy) is 2. The summed E-state index contributed by atoms with van der Waals surface area (Å²) in [6, 6.07) is -0.0556. The summed E-state index contributed by atoms with van der Waals surface area (Å²) in [7, 11) is 10.4. The molecule has 22 heteroatoms. The molecule has 1 aromatic heterocycles. The van der Waals surface area contributed by atoms with Crippen LogP contribution in [0.3, 0.4) is 0 Å². The predicted molar refractivity (Wildman–Crippen MR) is 145 cm³/mol. The van der Waals surface area contributed by atoms with Crippen molar-refractivity contribution in [1.82, 2.24) is 50.1 Å². The van der Waals surface area contributed by atoms with Crippen molar-refractivity contribution in [3.05, 3.63) is 30.9 Å². The third-order valence-corrected chi connectivity index (χ3v) is 5.31. The Kier molecular flexibility index (Phi) is 34.5. The van der Waals surface area contributed by atoms with Gasteiger partial charge in [-0.05, 0) is 13.1 Å². The number of amides is 8. The van der Waals surface area contributed by atoms with Crippen molar-refractivity contribution in [1.29, 1.82) is 0 Å². The van der Waals surface area contributed by atoms with E-state index in [1.807, 2.05) is 0 Å². The van der Waals surface area contributed by atoms with E-state index in [2.05, 4.69) is 41.8 Å². The Morgan fingerprint density at radius 1 is 0.800 bits per heavy atom. The summed E-state index contributed by atoms with van der Waals surface area (Å²) in [5, 5.41) is 16.1. The number of nitrogens with zero attached hydrogens (tertiary/aromatic N) is 9. The van der Waals surface area contributed by atoms with Gasteiger partial charge >= 0.3 is 18.2 Å². The second-order valence-electron chi connectivity index (χ2n) is 8.70. The van der Waals surface area contributed by atoms with Crippen molar-refractivity contribution >= 4 is 30.3 Å². The topological polar surface area (TPSA) is 189 Å². The molecule has 1 aromatic rings. The Labute approximate surface area is 365 Å². The van der Waals surface area contributed by atoms with Gasteiger partial charge in [0.05, 0.1) is 6.54 Å². The van der Waals surface area contributed by atoms with Crippen LogP contribution in [0.1, 0.15) is 0 Å². The number of nitrogens with one attached hydrogen (secondary N) is 2. The van der Waals surface area contributed by atoms with Crippen LogP contribution >= 0.6 is 0 Å². The Bertz CT molecular complexity index is 844. The Morgan fingerprint density at radius 3 is 1.60 bits per heavy atom. The normalized spacial score (nSPS) is 16.8. The van der Waals surface area contributed by atoms with Crippen molar-refractivity contribution in [2.24, 2.45) is 7.05 Å². The number of rotatable bonds is 0. The van der Waals surface area contributed by atoms with Gasteiger partial charge in [0, 0.05) is 179 Å². The van der Waals surface area contributed by atoms with Crippen LogP contribution in [0.5, 0.6) is 0 Å². The van der Waals surface area contributed by atoms with Gasteiger partial charge in [-0.1, -0.05) is 20.1 Å². The molecule has 2 N–H and O–H groups in total. The average Bonchev–Trinajstić information content (AvgIpc) is 3.81. The van der Waals surface area contributed by atoms with Gasteiger partial charge in [-0.25, -0.2) is 30.8 Å². The zero-order valence-corrected chi connectivity index (χ0v) is 37.9. The molecule has 18 nitrogen and oxygen atoms in total. The minimum atomic E-state index is -0.264. The number of urea groups is 3. The molecule has 6 heterocycles. The summed E-state index contributed by atoms with van der Waals surface area (Å²) in [6.45, 7) is 8.93. The van der Waals surface area contributed by atoms with E-state index in [1.165, 1.54) is 22.5 Å². The van der Waals surface area contributed by atoms with Crippen LogP contribution < -0.4 is 10.6 Å². The first kappa shape index (κ1) is 51.7. The summed E-state index contributed by atoms with van der Waals surface area (Å²) >= 11 is 0. The van der Waals surface area contributed by atoms with E-state index in [0.717, 1.165) is 32.7 Å². The van der Waals surface area contributed by atoms with Crippen LogP contribution in [0.25, 0.3) is 5.32 Å². The number of aryl methyl sites for hydroxylation is 1. The molecule has 5 saturated heterocycles. The van der Waals surface area contributed by atoms with E-state index in [0.29, 0.717) is 19.7 Å². The van der Waals surface area contributed by atoms with Gasteiger partial charge in [0.25, 0.3) is 6.03 Å². The average molecular weight is 937 g/mol. The molecule has 0 aromatic carbocycles. The standard InChI is InChI=1S/2C4H8N2O.C4H7N2O.C4H7NO2.C4H6NO2.C3H4N3.4Y/c3*1-6-3-2-5-4(6)7;2*1-5-2-3-7-4(5)6;1-6-4-2-3-5-6;;;;/h2*2-3H2,1H3,(H,5,7);2H,3H2,1H3,(H,5,7);2-3H2,1H3;3H,2H2,1H3;2H,1H3;;;;/q;;-1;;2*-1;;;;/p-1. The number of aromatic nitrogens is 3. The molecular weight excluding hydrogens is 898 g/mol. The second kappa shape index (κ2) is 30.0. The number of cyclic esters (lactones) is 2. The van der Waals surface area contributed by atoms with Gasteiger partial charge in [-0.15, -0.1) is 12.8 Å². The predicted octanol–water partition coefficient (Wildman–Crippen LogP) is -0.226. The van der Waals surface area contributed by atoms with Gasteiger partial charge < -0.3 is 61.2 Å². The van der Waals surface area contributed by atoms with Gasteiger partial charge in [0.1, 0.15) is 6.61 Å². The van der Waals surface area contributed by atoms with E-state index < -0.39 is 0 Å². The maximum absolute atomic E-state index is 10.4. The van der Waals surface area contributed by atoms with Gasteiger partial charge in [-0.2, -0.15) is 0 Å². The number of carbonyl (C=O) groups excluding carboxylic acids is 5. The molecule has 8 amide bonds. The SMILES string of the molecule is CN1CCNC1=O.CN1CCOC1=O.CN1CC[N-]C1=O.CN1C[CH-]NC1=O.CN1C[CH-]OC1=O.Cn1n[c-]cn1.[Y].[Y].[Y].[Y]. The quantitative estimate of drug-likeness (QED) is 0.332. The van der Waals surface area contributed by atoms with E-state index in [9.17, 15) is 24.0 Å². The molecule has 0 atom stereocenters. The molecule has 0 unspecified atom stereocenters. The Morgan fingerprint density at radius 2 is 1.47 bits per heavy atom. The second-order valence-corrected chi connectivity index (χ2v) is 8.70. The molecular formula is C23H39N11O7Y4-4. The maximum atomic E-state index is 10.4. The molecule has 0 bridgehead atoms. The summed E-state index contributed by atoms with van der Waals surface area (Å²) in [5.74, 6) is 0. The minimum Gasteiger partial charge on any atom is -0.619 e. The Balaban J connectivity index is -0.000000220. The van der Waals surface area contributed by atoms with Gasteiger partial charge in [0.2, 0.25) is 0 Å². The third kappa shape index (κ3) is 23.8. The van der Waals surface area contributed by atoms with E-state index in [1.54, 1.807) is 68.4 Å². The van der Waals surface area contributed by atoms with Crippen molar-refractivity contribution in [3.63, 3.8) is 0 Å². The first-order valence-corrected chi connectivity index (χ1v) is 12.5. The van der Waals surface area contributed by atoms with E-state index in [-0.39, 0.29) is 161 Å². The number of hydrogen-bond donors (Lipinski definition) is 2. The van der Waals surface area contributed by atoms with Gasteiger partial charge in [0.15, 0.2) is 6.03 Å². The third-order valence-electron chi connectivity index (χ3n) is 5.31. The smallest absolute Gasteiger partial charge is 0.409 e. The molecule has 244 valence electrons. The van der Waals surface area contributed by atoms with Crippen molar-refractivity contribution in [2.45, 2.75) is 0 Å². The number of carbonyl (C=O) groups is 5. The first-order chi connectivity index (χ1) is 19.4. The van der Waals surface area contributed by atoms with Crippen molar-refractivity contribution < 1.29 is 164 Å². The van der Waals surface area contributed by atoms with Crippen LogP contribution in [-0.2, 0) is 147 Å². The van der Waals surface area contributed by atoms with Gasteiger partial charge in [-0.3, -0.25) is 9.59 Å². The molecule has 0 aliphatic carbocycles.